The van der Waals surface area contributed by atoms with Crippen molar-refractivity contribution in [2.75, 3.05) is 16.0 Å². The molecule has 0 unspecified atom stereocenters. The highest BCUT2D eigenvalue weighted by Crippen LogP contribution is 2.33. The fraction of sp³-hybridized carbons (Fsp3) is 0.0435. The maximum absolute atomic E-state index is 11.1. The average molecular weight is 412 g/mol. The van der Waals surface area contributed by atoms with E-state index in [0.29, 0.717) is 35.4 Å². The van der Waals surface area contributed by atoms with Gasteiger partial charge in [0.05, 0.1) is 12.1 Å². The van der Waals surface area contributed by atoms with Gasteiger partial charge in [-0.2, -0.15) is 0 Å². The van der Waals surface area contributed by atoms with Gasteiger partial charge in [0.2, 0.25) is 0 Å². The van der Waals surface area contributed by atoms with E-state index in [1.165, 1.54) is 18.5 Å². The first-order chi connectivity index (χ1) is 15.1. The van der Waals surface area contributed by atoms with Crippen LogP contribution in [0, 0.1) is 0 Å². The van der Waals surface area contributed by atoms with Crippen molar-refractivity contribution in [2.45, 2.75) is 6.54 Å². The van der Waals surface area contributed by atoms with Crippen LogP contribution in [0.3, 0.4) is 0 Å². The van der Waals surface area contributed by atoms with Crippen molar-refractivity contribution in [3.63, 3.8) is 0 Å². The Morgan fingerprint density at radius 2 is 1.68 bits per heavy atom. The Balaban J connectivity index is 1.68. The molecule has 4 aromatic rings. The predicted molar refractivity (Wildman–Crippen MR) is 120 cm³/mol. The molecule has 0 aliphatic heterocycles. The molecule has 0 atom stereocenters. The van der Waals surface area contributed by atoms with Crippen molar-refractivity contribution < 1.29 is 9.90 Å². The van der Waals surface area contributed by atoms with Crippen molar-refractivity contribution >= 4 is 34.8 Å². The molecule has 0 fully saturated rings. The van der Waals surface area contributed by atoms with Crippen molar-refractivity contribution in [3.8, 4) is 0 Å². The van der Waals surface area contributed by atoms with Crippen LogP contribution in [0.25, 0.3) is 0 Å². The normalized spacial score (nSPS) is 10.5. The Morgan fingerprint density at radius 1 is 0.935 bits per heavy atom. The van der Waals surface area contributed by atoms with Gasteiger partial charge >= 0.3 is 5.97 Å². The second-order valence-corrected chi connectivity index (χ2v) is 6.73. The van der Waals surface area contributed by atoms with Crippen molar-refractivity contribution in [1.82, 2.24) is 15.0 Å². The van der Waals surface area contributed by atoms with Gasteiger partial charge in [0, 0.05) is 11.9 Å². The molecule has 31 heavy (non-hydrogen) atoms. The molecule has 154 valence electrons. The number of hydrogen-bond acceptors (Lipinski definition) is 7. The lowest BCUT2D eigenvalue weighted by Gasteiger charge is -2.25. The lowest BCUT2D eigenvalue weighted by molar-refractivity contribution is 0.0697. The van der Waals surface area contributed by atoms with E-state index in [2.05, 4.69) is 20.3 Å². The molecule has 0 aliphatic carbocycles. The molecule has 0 spiro atoms. The number of benzene rings is 2. The molecule has 4 rings (SSSR count). The molecule has 8 heteroatoms. The number of hydrogen-bond donors (Lipinski definition) is 3. The number of carboxylic acid groups (broad SMARTS) is 1. The smallest absolute Gasteiger partial charge is 0.335 e. The minimum Gasteiger partial charge on any atom is -0.478 e. The number of nitrogen functional groups attached to an aromatic ring is 1. The first kappa shape index (κ1) is 19.8. The van der Waals surface area contributed by atoms with Gasteiger partial charge in [-0.3, -0.25) is 0 Å². The van der Waals surface area contributed by atoms with Crippen LogP contribution >= 0.6 is 0 Å². The fourth-order valence-electron chi connectivity index (χ4n) is 3.08. The Bertz CT molecular complexity index is 1170. The molecule has 0 amide bonds. The summed E-state index contributed by atoms with van der Waals surface area (Å²) in [5.74, 6) is 0.653. The number of pyridine rings is 1. The molecule has 0 saturated heterocycles. The maximum atomic E-state index is 11.1. The number of aromatic nitrogens is 3. The third-order valence-electron chi connectivity index (χ3n) is 4.62. The number of nitrogens with zero attached hydrogens (tertiary/aromatic N) is 4. The molecule has 0 bridgehead atoms. The summed E-state index contributed by atoms with van der Waals surface area (Å²) in [5, 5.41) is 12.2. The van der Waals surface area contributed by atoms with Crippen LogP contribution in [0.15, 0.2) is 85.3 Å². The van der Waals surface area contributed by atoms with Crippen LogP contribution in [0.2, 0.25) is 0 Å². The highest BCUT2D eigenvalue weighted by atomic mass is 16.4. The van der Waals surface area contributed by atoms with E-state index >= 15 is 0 Å². The number of anilines is 5. The third kappa shape index (κ3) is 4.59. The molecule has 0 aliphatic rings. The van der Waals surface area contributed by atoms with E-state index < -0.39 is 5.97 Å². The summed E-state index contributed by atoms with van der Waals surface area (Å²) in [7, 11) is 0. The molecule has 2 aromatic carbocycles. The Hall–Kier alpha value is -4.46. The van der Waals surface area contributed by atoms with E-state index in [1.807, 2.05) is 53.4 Å². The van der Waals surface area contributed by atoms with Crippen LogP contribution in [0.4, 0.5) is 28.8 Å². The van der Waals surface area contributed by atoms with Gasteiger partial charge in [-0.1, -0.05) is 36.4 Å². The zero-order valence-electron chi connectivity index (χ0n) is 16.5. The van der Waals surface area contributed by atoms with E-state index in [-0.39, 0.29) is 5.56 Å². The SMILES string of the molecule is Nc1c(Nc2ccc(C(=O)O)cc2)ncnc1N(Cc1ccccc1)c1ccccn1. The highest BCUT2D eigenvalue weighted by Gasteiger charge is 2.18. The predicted octanol–water partition coefficient (Wildman–Crippen LogP) is 4.23. The van der Waals surface area contributed by atoms with Crippen LogP contribution in [-0.2, 0) is 6.54 Å². The van der Waals surface area contributed by atoms with Gasteiger partial charge in [0.15, 0.2) is 11.6 Å². The van der Waals surface area contributed by atoms with Crippen LogP contribution in [0.1, 0.15) is 15.9 Å². The summed E-state index contributed by atoms with van der Waals surface area (Å²) >= 11 is 0. The zero-order valence-corrected chi connectivity index (χ0v) is 16.5. The number of nitrogens with two attached hydrogens (primary N) is 1. The second-order valence-electron chi connectivity index (χ2n) is 6.73. The number of carbonyl (C=O) groups is 1. The van der Waals surface area contributed by atoms with E-state index in [1.54, 1.807) is 18.3 Å². The van der Waals surface area contributed by atoms with Crippen LogP contribution in [-0.4, -0.2) is 26.0 Å². The minimum absolute atomic E-state index is 0.200. The third-order valence-corrected chi connectivity index (χ3v) is 4.62. The maximum Gasteiger partial charge on any atom is 0.335 e. The van der Waals surface area contributed by atoms with Crippen molar-refractivity contribution in [1.29, 1.82) is 0 Å². The summed E-state index contributed by atoms with van der Waals surface area (Å²) in [6, 6.07) is 21.9. The molecular formula is C23H20N6O2. The van der Waals surface area contributed by atoms with Gasteiger partial charge in [-0.05, 0) is 42.0 Å². The van der Waals surface area contributed by atoms with Crippen molar-refractivity contribution in [3.05, 3.63) is 96.4 Å². The van der Waals surface area contributed by atoms with Crippen LogP contribution < -0.4 is 16.0 Å². The monoisotopic (exact) mass is 412 g/mol. The number of nitrogens with one attached hydrogen (secondary N) is 1. The summed E-state index contributed by atoms with van der Waals surface area (Å²) in [4.78, 5) is 26.1. The number of aromatic carboxylic acids is 1. The van der Waals surface area contributed by atoms with E-state index in [9.17, 15) is 4.79 Å². The Kier molecular flexibility index (Phi) is 5.70. The quantitative estimate of drug-likeness (QED) is 0.413. The number of rotatable bonds is 7. The van der Waals surface area contributed by atoms with Crippen LogP contribution in [0.5, 0.6) is 0 Å². The molecule has 4 N–H and O–H groups in total. The van der Waals surface area contributed by atoms with Crippen molar-refractivity contribution in [2.24, 2.45) is 0 Å². The van der Waals surface area contributed by atoms with Gasteiger partial charge in [-0.25, -0.2) is 19.7 Å². The summed E-state index contributed by atoms with van der Waals surface area (Å²) in [6.07, 6.45) is 3.15. The standard InChI is InChI=1S/C23H20N6O2/c24-20-21(28-18-11-9-17(10-12-18)23(30)31)26-15-27-22(20)29(19-8-4-5-13-25-19)14-16-6-2-1-3-7-16/h1-13,15H,14,24H2,(H,30,31)(H,26,27,28). The van der Waals surface area contributed by atoms with Gasteiger partial charge in [-0.15, -0.1) is 0 Å². The van der Waals surface area contributed by atoms with Gasteiger partial charge < -0.3 is 21.1 Å². The van der Waals surface area contributed by atoms with E-state index in [4.69, 9.17) is 10.8 Å². The Labute approximate surface area is 179 Å². The average Bonchev–Trinajstić information content (AvgIpc) is 2.81. The topological polar surface area (TPSA) is 117 Å². The summed E-state index contributed by atoms with van der Waals surface area (Å²) < 4.78 is 0. The lowest BCUT2D eigenvalue weighted by Crippen LogP contribution is -2.21. The molecule has 2 heterocycles. The molecule has 0 saturated carbocycles. The first-order valence-corrected chi connectivity index (χ1v) is 9.55. The summed E-state index contributed by atoms with van der Waals surface area (Å²) in [5.41, 5.74) is 8.74. The zero-order chi connectivity index (χ0) is 21.6. The Morgan fingerprint density at radius 3 is 2.35 bits per heavy atom. The largest absolute Gasteiger partial charge is 0.478 e. The lowest BCUT2D eigenvalue weighted by atomic mass is 10.2. The molecule has 2 aromatic heterocycles. The van der Waals surface area contributed by atoms with E-state index in [0.717, 1.165) is 5.56 Å². The minimum atomic E-state index is -0.984. The molecule has 0 radical (unpaired) electrons. The highest BCUT2D eigenvalue weighted by molar-refractivity contribution is 5.88. The van der Waals surface area contributed by atoms with Gasteiger partial charge in [0.1, 0.15) is 17.8 Å². The molecule has 8 nitrogen and oxygen atoms in total. The first-order valence-electron chi connectivity index (χ1n) is 9.55. The summed E-state index contributed by atoms with van der Waals surface area (Å²) in [6.45, 7) is 0.520. The second kappa shape index (κ2) is 8.91. The van der Waals surface area contributed by atoms with Gasteiger partial charge in [0.25, 0.3) is 0 Å². The number of carboxylic acids is 1. The fourth-order valence-corrected chi connectivity index (χ4v) is 3.08. The molecular weight excluding hydrogens is 392 g/mol.